The van der Waals surface area contributed by atoms with Gasteiger partial charge >= 0.3 is 0 Å². The van der Waals surface area contributed by atoms with Gasteiger partial charge in [0.05, 0.1) is 60.8 Å². The second-order valence-electron chi connectivity index (χ2n) is 17.1. The third kappa shape index (κ3) is 16.4. The molecule has 2 atom stereocenters. The van der Waals surface area contributed by atoms with Gasteiger partial charge in [0.25, 0.3) is 0 Å². The summed E-state index contributed by atoms with van der Waals surface area (Å²) in [6.45, 7) is 3.48. The molecule has 0 saturated carbocycles. The number of benzene rings is 5. The van der Waals surface area contributed by atoms with E-state index < -0.39 is 52.5 Å². The Kier molecular flexibility index (Phi) is 22.5. The number of unbranched alkanes of at least 4 members (excludes halogenated alkanes) is 5. The zero-order valence-electron chi connectivity index (χ0n) is 42.4. The van der Waals surface area contributed by atoms with Crippen LogP contribution in [0.2, 0.25) is 0 Å². The number of nitrogens with zero attached hydrogens (tertiary/aromatic N) is 2. The molecule has 5 rings (SSSR count). The van der Waals surface area contributed by atoms with Crippen molar-refractivity contribution in [3.63, 3.8) is 0 Å². The molecule has 0 saturated heterocycles. The normalized spacial score (nSPS) is 13.2. The van der Waals surface area contributed by atoms with Gasteiger partial charge in [-0.25, -0.2) is 38.4 Å². The Morgan fingerprint density at radius 1 is 0.466 bits per heavy atom. The third-order valence-electron chi connectivity index (χ3n) is 12.1. The van der Waals surface area contributed by atoms with E-state index >= 15 is 0 Å². The molecule has 73 heavy (non-hydrogen) atoms. The first kappa shape index (κ1) is 58.8. The molecular weight excluding hydrogens is 1020 g/mol. The Hall–Kier alpha value is -5.10. The molecule has 400 valence electrons. The highest BCUT2D eigenvalue weighted by molar-refractivity contribution is 7.90. The predicted octanol–water partition coefficient (Wildman–Crippen LogP) is 8.67. The quantitative estimate of drug-likeness (QED) is 0.0298. The van der Waals surface area contributed by atoms with Crippen LogP contribution in [0.25, 0.3) is 0 Å². The molecule has 5 aromatic rings. The minimum atomic E-state index is -4.44. The lowest BCUT2D eigenvalue weighted by atomic mass is 10.1. The van der Waals surface area contributed by atoms with Gasteiger partial charge in [-0.15, -0.1) is 0 Å². The number of sulfonamides is 4. The number of hydrogen-bond acceptors (Lipinski definition) is 13. The average molecular weight is 1090 g/mol. The second-order valence-corrected chi connectivity index (χ2v) is 24.4. The van der Waals surface area contributed by atoms with Crippen molar-refractivity contribution in [1.82, 2.24) is 18.1 Å². The maximum atomic E-state index is 14.9. The van der Waals surface area contributed by atoms with E-state index in [-0.39, 0.29) is 65.1 Å². The second kappa shape index (κ2) is 28.0. The molecular formula is C52H70N4O13S4. The zero-order valence-corrected chi connectivity index (χ0v) is 45.7. The van der Waals surface area contributed by atoms with Crippen LogP contribution in [-0.2, 0) is 58.0 Å². The largest absolute Gasteiger partial charge is 0.497 e. The van der Waals surface area contributed by atoms with Gasteiger partial charge in [-0.1, -0.05) is 70.2 Å². The van der Waals surface area contributed by atoms with Crippen LogP contribution in [0.5, 0.6) is 23.0 Å². The highest BCUT2D eigenvalue weighted by atomic mass is 32.2. The minimum Gasteiger partial charge on any atom is -0.497 e. The van der Waals surface area contributed by atoms with Crippen LogP contribution in [0, 0.1) is 0 Å². The molecule has 17 nitrogen and oxygen atoms in total. The Morgan fingerprint density at radius 2 is 0.918 bits per heavy atom. The van der Waals surface area contributed by atoms with Crippen LogP contribution in [0.4, 0.5) is 0 Å². The monoisotopic (exact) mass is 1090 g/mol. The Labute approximate surface area is 433 Å². The van der Waals surface area contributed by atoms with E-state index in [1.165, 1.54) is 106 Å². The van der Waals surface area contributed by atoms with E-state index in [9.17, 15) is 33.7 Å². The van der Waals surface area contributed by atoms with Crippen molar-refractivity contribution in [2.45, 2.75) is 123 Å². The number of rotatable bonds is 33. The van der Waals surface area contributed by atoms with Gasteiger partial charge in [-0.2, -0.15) is 13.3 Å². The zero-order chi connectivity index (χ0) is 53.1. The van der Waals surface area contributed by atoms with E-state index in [4.69, 9.17) is 23.7 Å². The summed E-state index contributed by atoms with van der Waals surface area (Å²) in [6.07, 6.45) is 3.48. The first-order chi connectivity index (χ1) is 34.9. The van der Waals surface area contributed by atoms with Crippen molar-refractivity contribution in [3.8, 4) is 23.0 Å². The van der Waals surface area contributed by atoms with Gasteiger partial charge in [0.1, 0.15) is 29.2 Å². The molecule has 0 aliphatic carbocycles. The Balaban J connectivity index is 1.49. The summed E-state index contributed by atoms with van der Waals surface area (Å²) in [5, 5.41) is 0. The molecule has 5 aromatic carbocycles. The molecule has 0 spiro atoms. The molecule has 0 heterocycles. The molecule has 0 bridgehead atoms. The van der Waals surface area contributed by atoms with Crippen LogP contribution in [-0.4, -0.2) is 96.2 Å². The summed E-state index contributed by atoms with van der Waals surface area (Å²) in [6, 6.07) is 30.6. The molecule has 0 fully saturated rings. The van der Waals surface area contributed by atoms with E-state index in [0.29, 0.717) is 53.4 Å². The van der Waals surface area contributed by atoms with Gasteiger partial charge in [0, 0.05) is 19.6 Å². The summed E-state index contributed by atoms with van der Waals surface area (Å²) in [7, 11) is -11.0. The van der Waals surface area contributed by atoms with Crippen LogP contribution >= 0.6 is 0 Å². The first-order valence-corrected chi connectivity index (χ1v) is 30.1. The number of methoxy groups -OCH3 is 4. The van der Waals surface area contributed by atoms with Crippen molar-refractivity contribution >= 4 is 40.1 Å². The molecule has 2 N–H and O–H groups in total. The fourth-order valence-electron chi connectivity index (χ4n) is 7.96. The number of ether oxygens (including phenoxy) is 5. The van der Waals surface area contributed by atoms with Gasteiger partial charge in [0.15, 0.2) is 0 Å². The summed E-state index contributed by atoms with van der Waals surface area (Å²) >= 11 is 0. The van der Waals surface area contributed by atoms with E-state index in [0.717, 1.165) is 30.0 Å². The van der Waals surface area contributed by atoms with E-state index in [2.05, 4.69) is 16.4 Å². The predicted molar refractivity (Wildman–Crippen MR) is 280 cm³/mol. The van der Waals surface area contributed by atoms with E-state index in [1.807, 2.05) is 6.92 Å². The molecule has 0 aromatic heterocycles. The topological polar surface area (TPSA) is 213 Å². The van der Waals surface area contributed by atoms with Gasteiger partial charge in [0.2, 0.25) is 40.1 Å². The first-order valence-electron chi connectivity index (χ1n) is 24.2. The molecule has 21 heteroatoms. The van der Waals surface area contributed by atoms with Gasteiger partial charge in [-0.3, -0.25) is 0 Å². The fraction of sp³-hybridized carbons (Fsp3) is 0.423. The lowest BCUT2D eigenvalue weighted by molar-refractivity contribution is -0.0370. The van der Waals surface area contributed by atoms with E-state index in [1.54, 1.807) is 48.5 Å². The maximum Gasteiger partial charge on any atom is 0.245 e. The summed E-state index contributed by atoms with van der Waals surface area (Å²) in [4.78, 5) is -0.115. The smallest absolute Gasteiger partial charge is 0.245 e. The molecule has 0 aliphatic heterocycles. The number of nitrogens with one attached hydrogen (secondary N) is 2. The van der Waals surface area contributed by atoms with Crippen LogP contribution in [0.3, 0.4) is 0 Å². The summed E-state index contributed by atoms with van der Waals surface area (Å²) < 4.78 is 149. The fourth-order valence-corrected chi connectivity index (χ4v) is 13.5. The molecule has 0 aliphatic rings. The standard InChI is InChI=1S/C52H70N4O13S4/c1-7-9-10-11-12-20-52(55(72(61,62)49-33-25-45(67-5)26-34-49)38-16-15-37-53-70(57,58)47-29-21-43(65-3)22-30-47)69-40-42-19-14-13-18-41(42)39-56(73(63,64)50-35-27-46(68-6)28-36-50)51(17-8-2)54-71(59,60)48-31-23-44(66-4)24-32-48/h13-14,18-19,21-36,51-54H,7-12,15-17,20,37-40H2,1-6H3. The van der Waals surface area contributed by atoms with Crippen molar-refractivity contribution in [1.29, 1.82) is 0 Å². The third-order valence-corrected chi connectivity index (χ3v) is 18.8. The lowest BCUT2D eigenvalue weighted by Gasteiger charge is -2.33. The highest BCUT2D eigenvalue weighted by Crippen LogP contribution is 2.30. The molecule has 2 unspecified atom stereocenters. The molecule has 0 amide bonds. The summed E-state index contributed by atoms with van der Waals surface area (Å²) in [5.41, 5.74) is 1.02. The van der Waals surface area contributed by atoms with Gasteiger partial charge in [-0.05, 0) is 140 Å². The Bertz CT molecular complexity index is 2930. The van der Waals surface area contributed by atoms with Crippen LogP contribution in [0.15, 0.2) is 141 Å². The van der Waals surface area contributed by atoms with Crippen LogP contribution < -0.4 is 28.4 Å². The van der Waals surface area contributed by atoms with Crippen molar-refractivity contribution in [2.75, 3.05) is 41.5 Å². The maximum absolute atomic E-state index is 14.9. The highest BCUT2D eigenvalue weighted by Gasteiger charge is 2.36. The van der Waals surface area contributed by atoms with Crippen molar-refractivity contribution in [2.24, 2.45) is 0 Å². The SMILES string of the molecule is CCCCCCCC(OCc1ccccc1CN(C(CCC)NS(=O)(=O)c1ccc(OC)cc1)S(=O)(=O)c1ccc(OC)cc1)N(CCCCNS(=O)(=O)c1ccc(OC)cc1)S(=O)(=O)c1ccc(OC)cc1. The lowest BCUT2D eigenvalue weighted by Crippen LogP contribution is -2.50. The number of hydrogen-bond donors (Lipinski definition) is 2. The van der Waals surface area contributed by atoms with Crippen molar-refractivity contribution < 1.29 is 57.4 Å². The minimum absolute atomic E-state index is 0.00642. The Morgan fingerprint density at radius 3 is 1.40 bits per heavy atom. The van der Waals surface area contributed by atoms with Crippen LogP contribution in [0.1, 0.15) is 89.2 Å². The summed E-state index contributed by atoms with van der Waals surface area (Å²) in [5.74, 6) is 1.84. The van der Waals surface area contributed by atoms with Gasteiger partial charge < -0.3 is 23.7 Å². The average Bonchev–Trinajstić information content (AvgIpc) is 3.40. The molecule has 0 radical (unpaired) electrons. The van der Waals surface area contributed by atoms with Crippen molar-refractivity contribution in [3.05, 3.63) is 132 Å².